The van der Waals surface area contributed by atoms with E-state index in [1.54, 1.807) is 35.2 Å². The SMILES string of the molecule is CC1Cc2nc(C(=O)N3CCN(S(=O)(=O)c4ccc5cc(Cl)ccc5c4)CC3C(=O)NCC(=O)N3CCOCC3)sc2CN1.Cl. The second-order valence-corrected chi connectivity index (χ2v) is 14.6. The number of aromatic nitrogens is 1. The highest BCUT2D eigenvalue weighted by Crippen LogP contribution is 2.28. The van der Waals surface area contributed by atoms with Crippen LogP contribution in [0.2, 0.25) is 5.02 Å². The van der Waals surface area contributed by atoms with E-state index < -0.39 is 27.9 Å². The number of fused-ring (bicyclic) bond motifs is 2. The zero-order valence-corrected chi connectivity index (χ0v) is 27.7. The summed E-state index contributed by atoms with van der Waals surface area (Å²) in [5, 5.41) is 8.32. The molecule has 2 atom stereocenters. The summed E-state index contributed by atoms with van der Waals surface area (Å²) in [6, 6.07) is 9.03. The number of nitrogens with zero attached hydrogens (tertiary/aromatic N) is 4. The summed E-state index contributed by atoms with van der Waals surface area (Å²) >= 11 is 7.38. The number of morpholine rings is 1. The Morgan fingerprint density at radius 2 is 1.82 bits per heavy atom. The summed E-state index contributed by atoms with van der Waals surface area (Å²) in [5.74, 6) is -1.31. The van der Waals surface area contributed by atoms with Crippen LogP contribution in [0.4, 0.5) is 0 Å². The van der Waals surface area contributed by atoms with Crippen molar-refractivity contribution in [3.8, 4) is 0 Å². The Labute approximate surface area is 276 Å². The normalized spacial score (nSPS) is 20.8. The highest BCUT2D eigenvalue weighted by atomic mass is 35.5. The molecular formula is C29H34Cl2N6O6S2. The molecule has 2 aromatic carbocycles. The molecule has 0 bridgehead atoms. The maximum absolute atomic E-state index is 13.8. The van der Waals surface area contributed by atoms with Gasteiger partial charge >= 0.3 is 0 Å². The molecule has 3 aliphatic rings. The summed E-state index contributed by atoms with van der Waals surface area (Å²) in [5.41, 5.74) is 0.862. The first-order valence-corrected chi connectivity index (χ1v) is 17.1. The lowest BCUT2D eigenvalue weighted by atomic mass is 10.1. The van der Waals surface area contributed by atoms with Crippen molar-refractivity contribution in [1.82, 2.24) is 29.7 Å². The van der Waals surface area contributed by atoms with E-state index in [9.17, 15) is 22.8 Å². The number of carbonyl (C=O) groups excluding carboxylic acids is 3. The first kappa shape index (κ1) is 33.5. The van der Waals surface area contributed by atoms with Crippen molar-refractivity contribution in [2.45, 2.75) is 36.9 Å². The first-order valence-electron chi connectivity index (χ1n) is 14.5. The van der Waals surface area contributed by atoms with Crippen LogP contribution in [-0.4, -0.2) is 110 Å². The minimum Gasteiger partial charge on any atom is -0.378 e. The number of rotatable bonds is 6. The molecule has 2 saturated heterocycles. The predicted octanol–water partition coefficient (Wildman–Crippen LogP) is 1.90. The minimum atomic E-state index is -4.03. The van der Waals surface area contributed by atoms with E-state index >= 15 is 0 Å². The van der Waals surface area contributed by atoms with Crippen LogP contribution in [0.15, 0.2) is 41.3 Å². The fourth-order valence-corrected chi connectivity index (χ4v) is 8.33. The fraction of sp³-hybridized carbons (Fsp3) is 0.448. The van der Waals surface area contributed by atoms with E-state index in [0.29, 0.717) is 49.7 Å². The van der Waals surface area contributed by atoms with Gasteiger partial charge in [0, 0.05) is 61.6 Å². The highest BCUT2D eigenvalue weighted by molar-refractivity contribution is 7.89. The number of amides is 3. The second kappa shape index (κ2) is 13.9. The van der Waals surface area contributed by atoms with Gasteiger partial charge in [-0.3, -0.25) is 14.4 Å². The molecule has 2 unspecified atom stereocenters. The fourth-order valence-electron chi connectivity index (χ4n) is 5.68. The van der Waals surface area contributed by atoms with Gasteiger partial charge in [-0.25, -0.2) is 13.4 Å². The summed E-state index contributed by atoms with van der Waals surface area (Å²) in [7, 11) is -4.03. The third-order valence-electron chi connectivity index (χ3n) is 8.17. The number of sulfonamides is 1. The van der Waals surface area contributed by atoms with Gasteiger partial charge in [0.15, 0.2) is 5.01 Å². The van der Waals surface area contributed by atoms with Crippen molar-refractivity contribution in [3.63, 3.8) is 0 Å². The highest BCUT2D eigenvalue weighted by Gasteiger charge is 2.41. The predicted molar refractivity (Wildman–Crippen MR) is 172 cm³/mol. The van der Waals surface area contributed by atoms with Crippen molar-refractivity contribution in [2.24, 2.45) is 0 Å². The lowest BCUT2D eigenvalue weighted by Crippen LogP contribution is -2.62. The van der Waals surface area contributed by atoms with E-state index in [4.69, 9.17) is 16.3 Å². The van der Waals surface area contributed by atoms with E-state index in [1.165, 1.54) is 26.6 Å². The molecule has 0 saturated carbocycles. The van der Waals surface area contributed by atoms with Crippen LogP contribution in [0.1, 0.15) is 27.3 Å². The molecule has 1 aromatic heterocycles. The molecule has 242 valence electrons. The molecule has 0 spiro atoms. The number of piperazine rings is 1. The van der Waals surface area contributed by atoms with Gasteiger partial charge in [-0.15, -0.1) is 23.7 Å². The molecular weight excluding hydrogens is 663 g/mol. The maximum Gasteiger partial charge on any atom is 0.283 e. The molecule has 3 aromatic rings. The maximum atomic E-state index is 13.8. The third-order valence-corrected chi connectivity index (χ3v) is 11.3. The van der Waals surface area contributed by atoms with Crippen molar-refractivity contribution in [1.29, 1.82) is 0 Å². The zero-order valence-electron chi connectivity index (χ0n) is 24.5. The lowest BCUT2D eigenvalue weighted by molar-refractivity contribution is -0.137. The van der Waals surface area contributed by atoms with E-state index in [1.807, 2.05) is 6.92 Å². The Bertz CT molecular complexity index is 1710. The van der Waals surface area contributed by atoms with E-state index in [2.05, 4.69) is 15.6 Å². The summed E-state index contributed by atoms with van der Waals surface area (Å²) in [6.45, 7) is 3.79. The van der Waals surface area contributed by atoms with Gasteiger partial charge < -0.3 is 25.2 Å². The smallest absolute Gasteiger partial charge is 0.283 e. The number of benzene rings is 2. The number of halogens is 2. The van der Waals surface area contributed by atoms with Crippen molar-refractivity contribution in [3.05, 3.63) is 57.0 Å². The molecule has 2 N–H and O–H groups in total. The average Bonchev–Trinajstić information content (AvgIpc) is 3.46. The standard InChI is InChI=1S/C29H33ClN6O6S2.ClH/c1-18-12-23-25(15-31-18)43-28(33-23)29(39)36-7-6-35(17-24(36)27(38)32-16-26(37)34-8-10-42-11-9-34)44(40,41)22-5-3-19-13-21(30)4-2-20(19)14-22;/h2-5,13-14,18,24,31H,6-12,15-17H2,1H3,(H,32,38);1H. The third kappa shape index (κ3) is 7.12. The number of ether oxygens (including phenoxy) is 1. The number of hydrogen-bond acceptors (Lipinski definition) is 9. The summed E-state index contributed by atoms with van der Waals surface area (Å²) < 4.78 is 34.2. The number of hydrogen-bond donors (Lipinski definition) is 2. The number of nitrogens with one attached hydrogen (secondary N) is 2. The molecule has 3 amide bonds. The van der Waals surface area contributed by atoms with Gasteiger partial charge in [0.25, 0.3) is 5.91 Å². The van der Waals surface area contributed by atoms with Crippen molar-refractivity contribution in [2.75, 3.05) is 52.5 Å². The van der Waals surface area contributed by atoms with Crippen LogP contribution < -0.4 is 10.6 Å². The van der Waals surface area contributed by atoms with Crippen LogP contribution in [0.3, 0.4) is 0 Å². The summed E-state index contributed by atoms with van der Waals surface area (Å²) in [6.07, 6.45) is 0.691. The molecule has 4 heterocycles. The van der Waals surface area contributed by atoms with E-state index in [0.717, 1.165) is 16.0 Å². The van der Waals surface area contributed by atoms with Crippen LogP contribution in [0.25, 0.3) is 10.8 Å². The van der Waals surface area contributed by atoms with Gasteiger partial charge in [0.2, 0.25) is 21.8 Å². The van der Waals surface area contributed by atoms with Crippen LogP contribution in [0.5, 0.6) is 0 Å². The molecule has 0 aliphatic carbocycles. The Morgan fingerprint density at radius 1 is 1.09 bits per heavy atom. The Morgan fingerprint density at radius 3 is 2.60 bits per heavy atom. The topological polar surface area (TPSA) is 141 Å². The quantitative estimate of drug-likeness (QED) is 0.398. The molecule has 3 aliphatic heterocycles. The minimum absolute atomic E-state index is 0. The summed E-state index contributed by atoms with van der Waals surface area (Å²) in [4.78, 5) is 48.8. The van der Waals surface area contributed by atoms with Gasteiger partial charge in [-0.05, 0) is 42.0 Å². The van der Waals surface area contributed by atoms with Crippen LogP contribution in [-0.2, 0) is 37.3 Å². The van der Waals surface area contributed by atoms with E-state index in [-0.39, 0.29) is 60.4 Å². The second-order valence-electron chi connectivity index (χ2n) is 11.1. The van der Waals surface area contributed by atoms with Gasteiger partial charge in [-0.1, -0.05) is 23.7 Å². The lowest BCUT2D eigenvalue weighted by Gasteiger charge is -2.39. The van der Waals surface area contributed by atoms with Crippen molar-refractivity contribution < 1.29 is 27.5 Å². The molecule has 16 heteroatoms. The van der Waals surface area contributed by atoms with Gasteiger partial charge in [0.05, 0.1) is 30.3 Å². The Balaban J connectivity index is 0.00000400. The van der Waals surface area contributed by atoms with Gasteiger partial charge in [-0.2, -0.15) is 4.31 Å². The van der Waals surface area contributed by atoms with Crippen molar-refractivity contribution >= 4 is 73.9 Å². The monoisotopic (exact) mass is 696 g/mol. The van der Waals surface area contributed by atoms with Crippen LogP contribution >= 0.6 is 35.3 Å². The Hall–Kier alpha value is -2.85. The molecule has 2 fully saturated rings. The molecule has 45 heavy (non-hydrogen) atoms. The zero-order chi connectivity index (χ0) is 31.0. The molecule has 12 nitrogen and oxygen atoms in total. The molecule has 6 rings (SSSR count). The number of thiazole rings is 1. The molecule has 0 radical (unpaired) electrons. The number of carbonyl (C=O) groups is 3. The van der Waals surface area contributed by atoms with Gasteiger partial charge in [0.1, 0.15) is 6.04 Å². The first-order chi connectivity index (χ1) is 21.1. The largest absolute Gasteiger partial charge is 0.378 e. The Kier molecular flexibility index (Phi) is 10.3. The van der Waals surface area contributed by atoms with Crippen LogP contribution in [0, 0.1) is 0 Å². The average molecular weight is 698 g/mol.